The van der Waals surface area contributed by atoms with E-state index < -0.39 is 42.3 Å². The third kappa shape index (κ3) is 6.84. The standard InChI is InChI=1S/C7H17O12P3/c1-5-3-6(8)7(17-5)4-16-21(11,12)19-22(13,14)18-20(9,10)15-2/h5-8H,3-4H2,1-2H3,(H,9,10)(H,11,12)(H,13,14)/t5-,6?,7+/m0/s1. The Hall–Kier alpha value is 0.330. The van der Waals surface area contributed by atoms with Crippen molar-refractivity contribution in [2.75, 3.05) is 13.7 Å². The number of aliphatic hydroxyl groups excluding tert-OH is 1. The van der Waals surface area contributed by atoms with Crippen LogP contribution < -0.4 is 0 Å². The molecule has 1 aliphatic heterocycles. The monoisotopic (exact) mass is 386 g/mol. The number of aliphatic hydroxyl groups is 1. The predicted molar refractivity (Wildman–Crippen MR) is 69.6 cm³/mol. The zero-order valence-corrected chi connectivity index (χ0v) is 14.2. The summed E-state index contributed by atoms with van der Waals surface area (Å²) in [5, 5.41) is 9.54. The fourth-order valence-corrected chi connectivity index (χ4v) is 4.85. The molecule has 22 heavy (non-hydrogen) atoms. The van der Waals surface area contributed by atoms with Crippen molar-refractivity contribution in [2.45, 2.75) is 31.7 Å². The van der Waals surface area contributed by atoms with E-state index in [2.05, 4.69) is 17.7 Å². The van der Waals surface area contributed by atoms with Crippen LogP contribution in [0.1, 0.15) is 13.3 Å². The van der Waals surface area contributed by atoms with Gasteiger partial charge in [-0.25, -0.2) is 13.7 Å². The molecule has 0 aromatic carbocycles. The van der Waals surface area contributed by atoms with E-state index in [4.69, 9.17) is 14.5 Å². The van der Waals surface area contributed by atoms with Crippen LogP contribution in [-0.2, 0) is 36.1 Å². The van der Waals surface area contributed by atoms with Gasteiger partial charge in [-0.1, -0.05) is 0 Å². The number of rotatable bonds is 8. The fraction of sp³-hybridized carbons (Fsp3) is 1.00. The summed E-state index contributed by atoms with van der Waals surface area (Å²) in [5.41, 5.74) is 0. The van der Waals surface area contributed by atoms with Crippen molar-refractivity contribution >= 4 is 23.5 Å². The maximum Gasteiger partial charge on any atom is 0.490 e. The molecule has 15 heteroatoms. The fourth-order valence-electron chi connectivity index (χ4n) is 1.59. The smallest absolute Gasteiger partial charge is 0.390 e. The third-order valence-corrected chi connectivity index (χ3v) is 6.69. The molecule has 0 aliphatic carbocycles. The Balaban J connectivity index is 2.58. The van der Waals surface area contributed by atoms with Gasteiger partial charge in [0.05, 0.1) is 18.8 Å². The summed E-state index contributed by atoms with van der Waals surface area (Å²) < 4.78 is 54.7. The predicted octanol–water partition coefficient (Wildman–Crippen LogP) is 0.522. The average molecular weight is 386 g/mol. The zero-order chi connectivity index (χ0) is 17.2. The summed E-state index contributed by atoms with van der Waals surface area (Å²) in [5.74, 6) is 0. The highest BCUT2D eigenvalue weighted by atomic mass is 31.3. The number of ether oxygens (including phenoxy) is 1. The minimum atomic E-state index is -5.42. The van der Waals surface area contributed by atoms with E-state index in [1.54, 1.807) is 6.92 Å². The second-order valence-electron chi connectivity index (χ2n) is 4.34. The number of hydrogen-bond donors (Lipinski definition) is 4. The third-order valence-electron chi connectivity index (χ3n) is 2.46. The maximum absolute atomic E-state index is 11.5. The number of phosphoric acid groups is 3. The first kappa shape index (κ1) is 20.4. The SMILES string of the molecule is COP(=O)(O)OP(=O)(O)OP(=O)(O)OC[C@H]1O[C@@H](C)CC1O. The van der Waals surface area contributed by atoms with Gasteiger partial charge < -0.3 is 24.5 Å². The second-order valence-corrected chi connectivity index (χ2v) is 9.08. The molecule has 0 aromatic rings. The van der Waals surface area contributed by atoms with Crippen molar-refractivity contribution in [1.82, 2.24) is 0 Å². The lowest BCUT2D eigenvalue weighted by atomic mass is 10.1. The molecule has 1 heterocycles. The highest BCUT2D eigenvalue weighted by molar-refractivity contribution is 7.66. The molecule has 1 fully saturated rings. The molecule has 1 saturated heterocycles. The Morgan fingerprint density at radius 2 is 1.64 bits per heavy atom. The van der Waals surface area contributed by atoms with Gasteiger partial charge in [-0.15, -0.1) is 0 Å². The van der Waals surface area contributed by atoms with Crippen LogP contribution >= 0.6 is 23.5 Å². The van der Waals surface area contributed by atoms with Crippen molar-refractivity contribution in [2.24, 2.45) is 0 Å². The van der Waals surface area contributed by atoms with Gasteiger partial charge in [0.15, 0.2) is 0 Å². The molecular formula is C7H17O12P3. The first-order valence-electron chi connectivity index (χ1n) is 5.81. The zero-order valence-electron chi connectivity index (χ0n) is 11.5. The van der Waals surface area contributed by atoms with Crippen LogP contribution in [0.4, 0.5) is 0 Å². The summed E-state index contributed by atoms with van der Waals surface area (Å²) in [4.78, 5) is 27.2. The molecular weight excluding hydrogens is 369 g/mol. The van der Waals surface area contributed by atoms with E-state index in [9.17, 15) is 23.7 Å². The lowest BCUT2D eigenvalue weighted by Crippen LogP contribution is -2.26. The van der Waals surface area contributed by atoms with Crippen LogP contribution in [0.5, 0.6) is 0 Å². The van der Waals surface area contributed by atoms with Crippen molar-refractivity contribution in [1.29, 1.82) is 0 Å². The van der Waals surface area contributed by atoms with E-state index in [1.165, 1.54) is 0 Å². The van der Waals surface area contributed by atoms with Crippen LogP contribution in [0, 0.1) is 0 Å². The van der Waals surface area contributed by atoms with Crippen LogP contribution in [0.25, 0.3) is 0 Å². The minimum absolute atomic E-state index is 0.285. The molecule has 0 saturated carbocycles. The van der Waals surface area contributed by atoms with E-state index in [1.807, 2.05) is 0 Å². The molecule has 0 bridgehead atoms. The van der Waals surface area contributed by atoms with E-state index >= 15 is 0 Å². The maximum atomic E-state index is 11.5. The van der Waals surface area contributed by atoms with Crippen LogP contribution in [0.15, 0.2) is 0 Å². The van der Waals surface area contributed by atoms with Gasteiger partial charge in [-0.2, -0.15) is 8.62 Å². The lowest BCUT2D eigenvalue weighted by Gasteiger charge is -2.19. The van der Waals surface area contributed by atoms with Crippen LogP contribution in [-0.4, -0.2) is 51.8 Å². The van der Waals surface area contributed by atoms with Gasteiger partial charge in [0.2, 0.25) is 0 Å². The van der Waals surface area contributed by atoms with Gasteiger partial charge in [0.25, 0.3) is 0 Å². The molecule has 1 rings (SSSR count). The summed E-state index contributed by atoms with van der Waals surface area (Å²) >= 11 is 0. The molecule has 0 aromatic heterocycles. The van der Waals surface area contributed by atoms with E-state index in [0.29, 0.717) is 7.11 Å². The van der Waals surface area contributed by atoms with Gasteiger partial charge in [0, 0.05) is 13.5 Å². The second kappa shape index (κ2) is 7.48. The molecule has 1 aliphatic rings. The summed E-state index contributed by atoms with van der Waals surface area (Å²) in [7, 11) is -14.8. The highest BCUT2D eigenvalue weighted by Gasteiger charge is 2.42. The van der Waals surface area contributed by atoms with Gasteiger partial charge in [-0.05, 0) is 6.92 Å². The normalized spacial score (nSPS) is 33.8. The summed E-state index contributed by atoms with van der Waals surface area (Å²) in [6, 6.07) is 0. The minimum Gasteiger partial charge on any atom is -0.390 e. The molecule has 4 N–H and O–H groups in total. The average Bonchev–Trinajstić information content (AvgIpc) is 2.62. The Morgan fingerprint density at radius 3 is 2.09 bits per heavy atom. The number of hydrogen-bond acceptors (Lipinski definition) is 9. The Labute approximate surface area is 125 Å². The van der Waals surface area contributed by atoms with Crippen molar-refractivity contribution in [3.63, 3.8) is 0 Å². The van der Waals surface area contributed by atoms with Crippen LogP contribution in [0.2, 0.25) is 0 Å². The molecule has 0 spiro atoms. The Morgan fingerprint density at radius 1 is 1.09 bits per heavy atom. The molecule has 6 atom stereocenters. The van der Waals surface area contributed by atoms with E-state index in [0.717, 1.165) is 0 Å². The van der Waals surface area contributed by atoms with E-state index in [-0.39, 0.29) is 12.5 Å². The van der Waals surface area contributed by atoms with Crippen molar-refractivity contribution < 1.29 is 55.9 Å². The first-order valence-corrected chi connectivity index (χ1v) is 10.3. The molecule has 0 amide bonds. The number of phosphoric ester groups is 2. The lowest BCUT2D eigenvalue weighted by molar-refractivity contribution is -0.0167. The summed E-state index contributed by atoms with van der Waals surface area (Å²) in [6.07, 6.45) is -1.88. The first-order chi connectivity index (χ1) is 9.86. The van der Waals surface area contributed by atoms with Crippen molar-refractivity contribution in [3.8, 4) is 0 Å². The van der Waals surface area contributed by atoms with Gasteiger partial charge >= 0.3 is 23.5 Å². The molecule has 12 nitrogen and oxygen atoms in total. The largest absolute Gasteiger partial charge is 0.490 e. The quantitative estimate of drug-likeness (QED) is 0.426. The summed E-state index contributed by atoms with van der Waals surface area (Å²) in [6.45, 7) is 1.05. The van der Waals surface area contributed by atoms with Gasteiger partial charge in [0.1, 0.15) is 6.10 Å². The van der Waals surface area contributed by atoms with Gasteiger partial charge in [-0.3, -0.25) is 9.05 Å². The Kier molecular flexibility index (Phi) is 6.93. The molecule has 132 valence electrons. The molecule has 0 radical (unpaired) electrons. The topological polar surface area (TPSA) is 178 Å². The van der Waals surface area contributed by atoms with Crippen LogP contribution in [0.3, 0.4) is 0 Å². The van der Waals surface area contributed by atoms with Crippen molar-refractivity contribution in [3.05, 3.63) is 0 Å². The Bertz CT molecular complexity index is 521. The molecule has 4 unspecified atom stereocenters. The highest BCUT2D eigenvalue weighted by Crippen LogP contribution is 2.67.